The van der Waals surface area contributed by atoms with Gasteiger partial charge in [0.05, 0.1) is 18.8 Å². The Kier molecular flexibility index (Phi) is 4.20. The number of aryl methyl sites for hydroxylation is 1. The summed E-state index contributed by atoms with van der Waals surface area (Å²) in [5.41, 5.74) is 1.82. The van der Waals surface area contributed by atoms with E-state index in [2.05, 4.69) is 0 Å². The average Bonchev–Trinajstić information content (AvgIpc) is 2.86. The lowest BCUT2D eigenvalue weighted by Gasteiger charge is -2.12. The molecule has 0 aliphatic rings. The van der Waals surface area contributed by atoms with Crippen molar-refractivity contribution in [3.05, 3.63) is 52.4 Å². The van der Waals surface area contributed by atoms with E-state index in [9.17, 15) is 0 Å². The Morgan fingerprint density at radius 3 is 2.67 bits per heavy atom. The summed E-state index contributed by atoms with van der Waals surface area (Å²) in [6.07, 6.45) is 2.46. The third kappa shape index (κ3) is 2.50. The van der Waals surface area contributed by atoms with Crippen molar-refractivity contribution in [2.45, 2.75) is 18.7 Å². The Labute approximate surface area is 116 Å². The van der Waals surface area contributed by atoms with Gasteiger partial charge in [-0.2, -0.15) is 0 Å². The zero-order valence-corrected chi connectivity index (χ0v) is 11.8. The van der Waals surface area contributed by atoms with Gasteiger partial charge < -0.3 is 9.15 Å². The van der Waals surface area contributed by atoms with Crippen molar-refractivity contribution in [1.82, 2.24) is 0 Å². The maximum absolute atomic E-state index is 6.47. The summed E-state index contributed by atoms with van der Waals surface area (Å²) in [6, 6.07) is 7.38. The molecule has 96 valence electrons. The molecule has 2 nitrogen and oxygen atoms in total. The summed E-state index contributed by atoms with van der Waals surface area (Å²) in [7, 11) is 1.61. The lowest BCUT2D eigenvalue weighted by molar-refractivity contribution is 0.414. The largest absolute Gasteiger partial charge is 0.497 e. The number of methoxy groups -OCH3 is 1. The zero-order valence-electron chi connectivity index (χ0n) is 10.2. The summed E-state index contributed by atoms with van der Waals surface area (Å²) in [5.74, 6) is 1.61. The van der Waals surface area contributed by atoms with E-state index in [1.54, 1.807) is 19.4 Å². The molecule has 1 unspecified atom stereocenters. The van der Waals surface area contributed by atoms with Crippen molar-refractivity contribution >= 4 is 23.2 Å². The molecule has 0 fully saturated rings. The van der Waals surface area contributed by atoms with Crippen LogP contribution in [0.3, 0.4) is 0 Å². The number of hydrogen-bond donors (Lipinski definition) is 0. The zero-order chi connectivity index (χ0) is 13.1. The second-order valence-electron chi connectivity index (χ2n) is 3.90. The lowest BCUT2D eigenvalue weighted by atomic mass is 10.0. The molecule has 0 spiro atoms. The molecule has 2 aromatic rings. The van der Waals surface area contributed by atoms with Gasteiger partial charge in [-0.3, -0.25) is 0 Å². The van der Waals surface area contributed by atoms with Gasteiger partial charge in [-0.1, -0.05) is 24.6 Å². The van der Waals surface area contributed by atoms with Gasteiger partial charge in [0, 0.05) is 17.0 Å². The van der Waals surface area contributed by atoms with Gasteiger partial charge in [0.15, 0.2) is 0 Å². The molecule has 0 saturated heterocycles. The predicted octanol–water partition coefficient (Wildman–Crippen LogP) is 4.83. The molecule has 1 atom stereocenters. The fraction of sp³-hybridized carbons (Fsp3) is 0.286. The van der Waals surface area contributed by atoms with Crippen LogP contribution in [-0.2, 0) is 6.42 Å². The van der Waals surface area contributed by atoms with Crippen LogP contribution in [0.5, 0.6) is 5.75 Å². The Balaban J connectivity index is 2.37. The van der Waals surface area contributed by atoms with E-state index in [0.717, 1.165) is 29.1 Å². The molecule has 0 saturated carbocycles. The summed E-state index contributed by atoms with van der Waals surface area (Å²) >= 11 is 12.7. The minimum atomic E-state index is -0.308. The molecule has 1 aromatic heterocycles. The molecule has 0 N–H and O–H groups in total. The van der Waals surface area contributed by atoms with Crippen molar-refractivity contribution < 1.29 is 9.15 Å². The second-order valence-corrected chi connectivity index (χ2v) is 4.75. The maximum Gasteiger partial charge on any atom is 0.120 e. The topological polar surface area (TPSA) is 22.4 Å². The van der Waals surface area contributed by atoms with Gasteiger partial charge in [0.1, 0.15) is 11.5 Å². The van der Waals surface area contributed by atoms with E-state index in [1.807, 2.05) is 25.1 Å². The second kappa shape index (κ2) is 5.68. The van der Waals surface area contributed by atoms with Crippen molar-refractivity contribution in [2.75, 3.05) is 7.11 Å². The summed E-state index contributed by atoms with van der Waals surface area (Å²) in [6.45, 7) is 2.03. The first-order valence-electron chi connectivity index (χ1n) is 5.71. The maximum atomic E-state index is 6.47. The number of ether oxygens (including phenoxy) is 1. The predicted molar refractivity (Wildman–Crippen MR) is 73.8 cm³/mol. The van der Waals surface area contributed by atoms with Gasteiger partial charge in [-0.25, -0.2) is 0 Å². The van der Waals surface area contributed by atoms with E-state index in [-0.39, 0.29) is 5.38 Å². The molecule has 0 aliphatic carbocycles. The molecule has 4 heteroatoms. The van der Waals surface area contributed by atoms with E-state index >= 15 is 0 Å². The number of rotatable bonds is 4. The van der Waals surface area contributed by atoms with E-state index in [0.29, 0.717) is 5.02 Å². The Morgan fingerprint density at radius 2 is 2.06 bits per heavy atom. The number of alkyl halides is 1. The van der Waals surface area contributed by atoms with Crippen LogP contribution in [-0.4, -0.2) is 7.11 Å². The van der Waals surface area contributed by atoms with Gasteiger partial charge in [0.25, 0.3) is 0 Å². The fourth-order valence-electron chi connectivity index (χ4n) is 1.87. The van der Waals surface area contributed by atoms with Crippen LogP contribution in [0.2, 0.25) is 5.02 Å². The van der Waals surface area contributed by atoms with Crippen LogP contribution < -0.4 is 4.74 Å². The first kappa shape index (κ1) is 13.3. The molecular weight excluding hydrogens is 271 g/mol. The first-order valence-corrected chi connectivity index (χ1v) is 6.52. The minimum absolute atomic E-state index is 0.308. The number of hydrogen-bond acceptors (Lipinski definition) is 2. The lowest BCUT2D eigenvalue weighted by Crippen LogP contribution is -1.96. The number of furan rings is 1. The van der Waals surface area contributed by atoms with Crippen LogP contribution >= 0.6 is 23.2 Å². The molecule has 1 heterocycles. The number of halogens is 2. The highest BCUT2D eigenvalue weighted by atomic mass is 35.5. The van der Waals surface area contributed by atoms with Crippen molar-refractivity contribution in [1.29, 1.82) is 0 Å². The van der Waals surface area contributed by atoms with Gasteiger partial charge in [-0.05, 0) is 23.8 Å². The molecular formula is C14H14Cl2O2. The monoisotopic (exact) mass is 284 g/mol. The third-order valence-corrected chi connectivity index (χ3v) is 3.65. The highest BCUT2D eigenvalue weighted by Crippen LogP contribution is 2.37. The first-order chi connectivity index (χ1) is 8.67. The van der Waals surface area contributed by atoms with Crippen LogP contribution in [0.4, 0.5) is 0 Å². The summed E-state index contributed by atoms with van der Waals surface area (Å²) in [5, 5.41) is 0.287. The molecule has 0 radical (unpaired) electrons. The van der Waals surface area contributed by atoms with Crippen molar-refractivity contribution in [3.63, 3.8) is 0 Å². The quantitative estimate of drug-likeness (QED) is 0.750. The Morgan fingerprint density at radius 1 is 1.28 bits per heavy atom. The summed E-state index contributed by atoms with van der Waals surface area (Å²) < 4.78 is 10.5. The minimum Gasteiger partial charge on any atom is -0.497 e. The average molecular weight is 285 g/mol. The molecule has 2 rings (SSSR count). The van der Waals surface area contributed by atoms with Gasteiger partial charge in [-0.15, -0.1) is 11.6 Å². The molecule has 0 amide bonds. The van der Waals surface area contributed by atoms with E-state index in [1.165, 1.54) is 0 Å². The molecule has 1 aromatic carbocycles. The molecule has 0 aliphatic heterocycles. The fourth-order valence-corrected chi connectivity index (χ4v) is 2.59. The van der Waals surface area contributed by atoms with Gasteiger partial charge in [0.2, 0.25) is 0 Å². The van der Waals surface area contributed by atoms with Gasteiger partial charge >= 0.3 is 0 Å². The highest BCUT2D eigenvalue weighted by Gasteiger charge is 2.19. The van der Waals surface area contributed by atoms with Crippen LogP contribution in [0, 0.1) is 0 Å². The highest BCUT2D eigenvalue weighted by molar-refractivity contribution is 6.33. The smallest absolute Gasteiger partial charge is 0.120 e. The van der Waals surface area contributed by atoms with Crippen LogP contribution in [0.1, 0.15) is 29.2 Å². The normalized spacial score (nSPS) is 12.4. The molecule has 0 bridgehead atoms. The number of benzene rings is 1. The summed E-state index contributed by atoms with van der Waals surface area (Å²) in [4.78, 5) is 0. The Hall–Kier alpha value is -1.12. The van der Waals surface area contributed by atoms with Crippen molar-refractivity contribution in [2.24, 2.45) is 0 Å². The van der Waals surface area contributed by atoms with Crippen molar-refractivity contribution in [3.8, 4) is 5.75 Å². The Bertz CT molecular complexity index is 534. The van der Waals surface area contributed by atoms with E-state index < -0.39 is 0 Å². The van der Waals surface area contributed by atoms with Crippen LogP contribution in [0.15, 0.2) is 34.9 Å². The third-order valence-electron chi connectivity index (χ3n) is 2.85. The standard InChI is InChI=1S/C14H14Cl2O2/c1-3-13-11(6-7-18-13)14(16)10-5-4-9(17-2)8-12(10)15/h4-8,14H,3H2,1-2H3. The molecule has 18 heavy (non-hydrogen) atoms. The SMILES string of the molecule is CCc1occc1C(Cl)c1ccc(OC)cc1Cl. The van der Waals surface area contributed by atoms with Crippen LogP contribution in [0.25, 0.3) is 0 Å². The van der Waals surface area contributed by atoms with E-state index in [4.69, 9.17) is 32.4 Å².